The van der Waals surface area contributed by atoms with Crippen LogP contribution < -0.4 is 0 Å². The molecule has 3 aromatic carbocycles. The van der Waals surface area contributed by atoms with Gasteiger partial charge in [0.05, 0.1) is 5.69 Å². The summed E-state index contributed by atoms with van der Waals surface area (Å²) in [6, 6.07) is 27.5. The highest BCUT2D eigenvalue weighted by Gasteiger charge is 2.09. The highest BCUT2D eigenvalue weighted by atomic mass is 16.3. The Bertz CT molecular complexity index is 1290. The van der Waals surface area contributed by atoms with E-state index in [0.29, 0.717) is 12.2 Å². The predicted octanol–water partition coefficient (Wildman–Crippen LogP) is 6.90. The number of Topliss-reactive ketones (excluding diaryl/α,β-unsaturated/α-hetero) is 1. The van der Waals surface area contributed by atoms with Crippen molar-refractivity contribution < 1.29 is 9.90 Å². The van der Waals surface area contributed by atoms with Gasteiger partial charge < -0.3 is 5.11 Å². The zero-order valence-corrected chi connectivity index (χ0v) is 22.2. The van der Waals surface area contributed by atoms with Crippen LogP contribution in [-0.2, 0) is 19.4 Å². The molecule has 0 amide bonds. The summed E-state index contributed by atoms with van der Waals surface area (Å²) in [5.41, 5.74) is 5.33. The van der Waals surface area contributed by atoms with Crippen molar-refractivity contribution in [2.45, 2.75) is 52.0 Å². The monoisotopic (exact) mass is 507 g/mol. The molecule has 0 saturated carbocycles. The van der Waals surface area contributed by atoms with Gasteiger partial charge in [0.25, 0.3) is 0 Å². The maximum atomic E-state index is 12.3. The summed E-state index contributed by atoms with van der Waals surface area (Å²) in [6.07, 6.45) is 7.05. The molecule has 0 bridgehead atoms. The molecule has 1 heterocycles. The topological polar surface area (TPSA) is 66.3 Å². The lowest BCUT2D eigenvalue weighted by atomic mass is 10.0. The highest BCUT2D eigenvalue weighted by molar-refractivity contribution is 5.95. The molecule has 1 N–H and O–H groups in total. The third-order valence-electron chi connectivity index (χ3n) is 6.81. The maximum absolute atomic E-state index is 12.3. The van der Waals surface area contributed by atoms with Crippen LogP contribution in [0.3, 0.4) is 0 Å². The van der Waals surface area contributed by atoms with Gasteiger partial charge >= 0.3 is 0 Å². The SMILES string of the molecule is CCN(CCCCC(=O)c1ccccc1)Cc1cccc(-c2ccnc(CCCc3ccc(O)cc3)n2)c1. The molecule has 0 aliphatic heterocycles. The maximum Gasteiger partial charge on any atom is 0.162 e. The van der Waals surface area contributed by atoms with Crippen molar-refractivity contribution >= 4 is 5.78 Å². The second-order valence-electron chi connectivity index (χ2n) is 9.69. The molecule has 4 rings (SSSR count). The Hall–Kier alpha value is -3.83. The zero-order valence-electron chi connectivity index (χ0n) is 22.2. The van der Waals surface area contributed by atoms with Gasteiger partial charge in [-0.3, -0.25) is 9.69 Å². The smallest absolute Gasteiger partial charge is 0.162 e. The number of benzene rings is 3. The van der Waals surface area contributed by atoms with Gasteiger partial charge in [-0.25, -0.2) is 9.97 Å². The Morgan fingerprint density at radius 3 is 2.45 bits per heavy atom. The molecule has 5 nitrogen and oxygen atoms in total. The number of aryl methyl sites for hydroxylation is 2. The second kappa shape index (κ2) is 14.2. The lowest BCUT2D eigenvalue weighted by molar-refractivity contribution is 0.0977. The van der Waals surface area contributed by atoms with E-state index in [1.54, 1.807) is 12.1 Å². The van der Waals surface area contributed by atoms with Crippen LogP contribution in [0.2, 0.25) is 0 Å². The first kappa shape index (κ1) is 27.2. The number of phenols is 1. The molecule has 0 spiro atoms. The summed E-state index contributed by atoms with van der Waals surface area (Å²) < 4.78 is 0. The summed E-state index contributed by atoms with van der Waals surface area (Å²) in [6.45, 7) is 5.01. The van der Waals surface area contributed by atoms with E-state index in [4.69, 9.17) is 4.98 Å². The number of aromatic nitrogens is 2. The summed E-state index contributed by atoms with van der Waals surface area (Å²) in [5.74, 6) is 1.38. The van der Waals surface area contributed by atoms with Crippen molar-refractivity contribution in [2.24, 2.45) is 0 Å². The lowest BCUT2D eigenvalue weighted by Crippen LogP contribution is -2.24. The molecule has 0 fully saturated rings. The van der Waals surface area contributed by atoms with Crippen molar-refractivity contribution in [3.63, 3.8) is 0 Å². The molecule has 0 unspecified atom stereocenters. The first-order valence-electron chi connectivity index (χ1n) is 13.6. The molecule has 4 aromatic rings. The first-order chi connectivity index (χ1) is 18.6. The van der Waals surface area contributed by atoms with Crippen LogP contribution in [0.15, 0.2) is 91.1 Å². The molecular formula is C33H37N3O2. The van der Waals surface area contributed by atoms with Crippen LogP contribution in [0.25, 0.3) is 11.3 Å². The largest absolute Gasteiger partial charge is 0.508 e. The fraction of sp³-hybridized carbons (Fsp3) is 0.303. The van der Waals surface area contributed by atoms with E-state index >= 15 is 0 Å². The molecule has 5 heteroatoms. The van der Waals surface area contributed by atoms with Crippen molar-refractivity contribution in [3.05, 3.63) is 114 Å². The van der Waals surface area contributed by atoms with Crippen LogP contribution in [-0.4, -0.2) is 38.8 Å². The van der Waals surface area contributed by atoms with E-state index in [1.165, 1.54) is 11.1 Å². The normalized spacial score (nSPS) is 11.1. The summed E-state index contributed by atoms with van der Waals surface area (Å²) in [7, 11) is 0. The van der Waals surface area contributed by atoms with E-state index in [1.807, 2.05) is 54.7 Å². The standard InChI is InChI=1S/C33H37N3O2/c1-2-36(23-7-6-15-32(38)28-12-4-3-5-13-28)25-27-11-8-14-29(24-27)31-21-22-34-33(35-31)16-9-10-26-17-19-30(37)20-18-26/h3-5,8,11-14,17-22,24,37H,2,6-7,9-10,15-16,23,25H2,1H3. The highest BCUT2D eigenvalue weighted by Crippen LogP contribution is 2.20. The van der Waals surface area contributed by atoms with E-state index < -0.39 is 0 Å². The number of hydrogen-bond acceptors (Lipinski definition) is 5. The van der Waals surface area contributed by atoms with Crippen molar-refractivity contribution in [3.8, 4) is 17.0 Å². The second-order valence-corrected chi connectivity index (χ2v) is 9.69. The summed E-state index contributed by atoms with van der Waals surface area (Å²) in [5, 5.41) is 9.45. The third kappa shape index (κ3) is 8.35. The molecular weight excluding hydrogens is 470 g/mol. The molecule has 0 radical (unpaired) electrons. The summed E-state index contributed by atoms with van der Waals surface area (Å²) >= 11 is 0. The van der Waals surface area contributed by atoms with Gasteiger partial charge in [0.2, 0.25) is 0 Å². The van der Waals surface area contributed by atoms with Crippen LogP contribution in [0.5, 0.6) is 5.75 Å². The van der Waals surface area contributed by atoms with Crippen LogP contribution in [0.4, 0.5) is 0 Å². The Kier molecular flexibility index (Phi) is 10.2. The number of rotatable bonds is 14. The molecule has 0 aliphatic carbocycles. The number of phenolic OH excluding ortho intramolecular Hbond substituents is 1. The van der Waals surface area contributed by atoms with Crippen LogP contribution in [0.1, 0.15) is 59.9 Å². The Morgan fingerprint density at radius 1 is 0.842 bits per heavy atom. The number of aromatic hydroxyl groups is 1. The molecule has 0 aliphatic rings. The number of hydrogen-bond donors (Lipinski definition) is 1. The van der Waals surface area contributed by atoms with E-state index in [9.17, 15) is 9.90 Å². The molecule has 0 saturated heterocycles. The van der Waals surface area contributed by atoms with E-state index in [-0.39, 0.29) is 5.78 Å². The minimum Gasteiger partial charge on any atom is -0.508 e. The van der Waals surface area contributed by atoms with Gasteiger partial charge in [-0.2, -0.15) is 0 Å². The summed E-state index contributed by atoms with van der Waals surface area (Å²) in [4.78, 5) is 24.1. The van der Waals surface area contributed by atoms with Gasteiger partial charge in [-0.15, -0.1) is 0 Å². The quantitative estimate of drug-likeness (QED) is 0.149. The van der Waals surface area contributed by atoms with E-state index in [0.717, 1.165) is 74.4 Å². The fourth-order valence-corrected chi connectivity index (χ4v) is 4.62. The molecule has 38 heavy (non-hydrogen) atoms. The van der Waals surface area contributed by atoms with E-state index in [2.05, 4.69) is 41.1 Å². The minimum absolute atomic E-state index is 0.228. The number of ketones is 1. The Labute approximate surface area is 226 Å². The first-order valence-corrected chi connectivity index (χ1v) is 13.6. The third-order valence-corrected chi connectivity index (χ3v) is 6.81. The molecule has 1 aromatic heterocycles. The Morgan fingerprint density at radius 2 is 1.66 bits per heavy atom. The predicted molar refractivity (Wildman–Crippen MR) is 153 cm³/mol. The molecule has 196 valence electrons. The Balaban J connectivity index is 1.27. The van der Waals surface area contributed by atoms with Crippen molar-refractivity contribution in [1.29, 1.82) is 0 Å². The van der Waals surface area contributed by atoms with Crippen LogP contribution >= 0.6 is 0 Å². The molecule has 0 atom stereocenters. The van der Waals surface area contributed by atoms with Crippen molar-refractivity contribution in [2.75, 3.05) is 13.1 Å². The van der Waals surface area contributed by atoms with Gasteiger partial charge in [0.1, 0.15) is 11.6 Å². The zero-order chi connectivity index (χ0) is 26.6. The number of unbranched alkanes of at least 4 members (excludes halogenated alkanes) is 1. The number of nitrogens with zero attached hydrogens (tertiary/aromatic N) is 3. The number of carbonyl (C=O) groups excluding carboxylic acids is 1. The van der Waals surface area contributed by atoms with Crippen LogP contribution in [0, 0.1) is 0 Å². The minimum atomic E-state index is 0.228. The average molecular weight is 508 g/mol. The van der Waals surface area contributed by atoms with Gasteiger partial charge in [0.15, 0.2) is 5.78 Å². The lowest BCUT2D eigenvalue weighted by Gasteiger charge is -2.20. The average Bonchev–Trinajstić information content (AvgIpc) is 2.96. The number of carbonyl (C=O) groups is 1. The van der Waals surface area contributed by atoms with Crippen molar-refractivity contribution in [1.82, 2.24) is 14.9 Å². The van der Waals surface area contributed by atoms with Gasteiger partial charge in [-0.05, 0) is 74.2 Å². The fourth-order valence-electron chi connectivity index (χ4n) is 4.62. The van der Waals surface area contributed by atoms with Gasteiger partial charge in [-0.1, -0.05) is 67.6 Å². The van der Waals surface area contributed by atoms with Gasteiger partial charge in [0, 0.05) is 36.7 Å².